The van der Waals surface area contributed by atoms with Gasteiger partial charge in [0.05, 0.1) is 6.54 Å². The van der Waals surface area contributed by atoms with Crippen molar-refractivity contribution in [3.63, 3.8) is 0 Å². The van der Waals surface area contributed by atoms with Crippen LogP contribution in [0.15, 0.2) is 6.33 Å². The van der Waals surface area contributed by atoms with E-state index in [9.17, 15) is 8.78 Å². The minimum Gasteiger partial charge on any atom is -0.310 e. The molecule has 1 heterocycles. The van der Waals surface area contributed by atoms with Gasteiger partial charge in [-0.2, -0.15) is 5.10 Å². The summed E-state index contributed by atoms with van der Waals surface area (Å²) >= 11 is 0. The Morgan fingerprint density at radius 3 is 3.06 bits per heavy atom. The molecule has 0 radical (unpaired) electrons. The molecule has 1 atom stereocenters. The average molecular weight is 244 g/mol. The summed E-state index contributed by atoms with van der Waals surface area (Å²) in [6.45, 7) is 4.06. The SMILES string of the molecule is CCNCc1ncn(CC2CCC(F)(F)C2)n1. The maximum atomic E-state index is 13.0. The molecule has 0 spiro atoms. The lowest BCUT2D eigenvalue weighted by molar-refractivity contribution is 0.00422. The molecule has 1 unspecified atom stereocenters. The van der Waals surface area contributed by atoms with Gasteiger partial charge in [0.15, 0.2) is 5.82 Å². The summed E-state index contributed by atoms with van der Waals surface area (Å²) in [7, 11) is 0. The Bertz CT molecular complexity index is 364. The normalized spacial score (nSPS) is 23.1. The third-order valence-corrected chi connectivity index (χ3v) is 3.07. The summed E-state index contributed by atoms with van der Waals surface area (Å²) in [5.41, 5.74) is 0. The lowest BCUT2D eigenvalue weighted by atomic mass is 10.1. The van der Waals surface area contributed by atoms with Crippen LogP contribution in [0.1, 0.15) is 32.0 Å². The maximum absolute atomic E-state index is 13.0. The monoisotopic (exact) mass is 244 g/mol. The molecule has 17 heavy (non-hydrogen) atoms. The van der Waals surface area contributed by atoms with E-state index in [1.165, 1.54) is 0 Å². The van der Waals surface area contributed by atoms with Crippen LogP contribution in [0.3, 0.4) is 0 Å². The van der Waals surface area contributed by atoms with Gasteiger partial charge in [-0.15, -0.1) is 0 Å². The van der Waals surface area contributed by atoms with Gasteiger partial charge in [-0.1, -0.05) is 6.92 Å². The number of aromatic nitrogens is 3. The molecule has 0 saturated heterocycles. The molecular formula is C11H18F2N4. The van der Waals surface area contributed by atoms with Crippen molar-refractivity contribution in [3.05, 3.63) is 12.2 Å². The van der Waals surface area contributed by atoms with E-state index in [0.717, 1.165) is 12.4 Å². The average Bonchev–Trinajstić information content (AvgIpc) is 2.83. The Morgan fingerprint density at radius 1 is 1.59 bits per heavy atom. The van der Waals surface area contributed by atoms with E-state index in [4.69, 9.17) is 0 Å². The number of hydrogen-bond donors (Lipinski definition) is 1. The van der Waals surface area contributed by atoms with Crippen molar-refractivity contribution >= 4 is 0 Å². The Hall–Kier alpha value is -1.04. The van der Waals surface area contributed by atoms with Crippen LogP contribution < -0.4 is 5.32 Å². The molecule has 1 aromatic heterocycles. The number of hydrogen-bond acceptors (Lipinski definition) is 3. The minimum absolute atomic E-state index is 0.0105. The van der Waals surface area contributed by atoms with Gasteiger partial charge in [-0.25, -0.2) is 13.8 Å². The van der Waals surface area contributed by atoms with Crippen LogP contribution in [-0.4, -0.2) is 27.2 Å². The highest BCUT2D eigenvalue weighted by molar-refractivity contribution is 4.84. The standard InChI is InChI=1S/C11H18F2N4/c1-2-14-6-10-15-8-17(16-10)7-9-3-4-11(12,13)5-9/h8-9,14H,2-7H2,1H3. The smallest absolute Gasteiger partial charge is 0.248 e. The van der Waals surface area contributed by atoms with Crippen LogP contribution in [0, 0.1) is 5.92 Å². The zero-order chi connectivity index (χ0) is 12.3. The highest BCUT2D eigenvalue weighted by Gasteiger charge is 2.39. The molecular weight excluding hydrogens is 226 g/mol. The molecule has 6 heteroatoms. The number of nitrogens with one attached hydrogen (secondary N) is 1. The van der Waals surface area contributed by atoms with Crippen molar-refractivity contribution in [2.24, 2.45) is 5.92 Å². The van der Waals surface area contributed by atoms with Gasteiger partial charge in [0.2, 0.25) is 5.92 Å². The Labute approximate surface area is 99.4 Å². The van der Waals surface area contributed by atoms with Crippen LogP contribution in [-0.2, 0) is 13.1 Å². The second-order valence-electron chi connectivity index (χ2n) is 4.63. The van der Waals surface area contributed by atoms with Gasteiger partial charge >= 0.3 is 0 Å². The lowest BCUT2D eigenvalue weighted by Crippen LogP contribution is -2.15. The fourth-order valence-corrected chi connectivity index (χ4v) is 2.20. The number of alkyl halides is 2. The second kappa shape index (κ2) is 5.08. The zero-order valence-corrected chi connectivity index (χ0v) is 9.99. The topological polar surface area (TPSA) is 42.7 Å². The molecule has 4 nitrogen and oxygen atoms in total. The third-order valence-electron chi connectivity index (χ3n) is 3.07. The molecule has 1 aromatic rings. The summed E-state index contributed by atoms with van der Waals surface area (Å²) in [6.07, 6.45) is 2.20. The van der Waals surface area contributed by atoms with Crippen LogP contribution in [0.5, 0.6) is 0 Å². The molecule has 2 rings (SSSR count). The van der Waals surface area contributed by atoms with Crippen LogP contribution in [0.4, 0.5) is 8.78 Å². The van der Waals surface area contributed by atoms with Crippen LogP contribution in [0.25, 0.3) is 0 Å². The van der Waals surface area contributed by atoms with Gasteiger partial charge in [0.1, 0.15) is 6.33 Å². The quantitative estimate of drug-likeness (QED) is 0.859. The Morgan fingerprint density at radius 2 is 2.41 bits per heavy atom. The highest BCUT2D eigenvalue weighted by Crippen LogP contribution is 2.39. The predicted molar refractivity (Wildman–Crippen MR) is 59.7 cm³/mol. The zero-order valence-electron chi connectivity index (χ0n) is 9.99. The fourth-order valence-electron chi connectivity index (χ4n) is 2.20. The molecule has 0 aromatic carbocycles. The first kappa shape index (κ1) is 12.4. The van der Waals surface area contributed by atoms with Gasteiger partial charge < -0.3 is 5.32 Å². The first-order valence-corrected chi connectivity index (χ1v) is 6.06. The molecule has 1 saturated carbocycles. The Balaban J connectivity index is 1.85. The molecule has 1 fully saturated rings. The summed E-state index contributed by atoms with van der Waals surface area (Å²) in [5, 5.41) is 7.38. The maximum Gasteiger partial charge on any atom is 0.248 e. The summed E-state index contributed by atoms with van der Waals surface area (Å²) in [6, 6.07) is 0. The van der Waals surface area contributed by atoms with E-state index in [0.29, 0.717) is 19.5 Å². The first-order chi connectivity index (χ1) is 8.09. The van der Waals surface area contributed by atoms with E-state index in [1.54, 1.807) is 11.0 Å². The van der Waals surface area contributed by atoms with Gasteiger partial charge in [-0.05, 0) is 18.9 Å². The van der Waals surface area contributed by atoms with Crippen molar-refractivity contribution < 1.29 is 8.78 Å². The molecule has 96 valence electrons. The van der Waals surface area contributed by atoms with E-state index < -0.39 is 5.92 Å². The van der Waals surface area contributed by atoms with Crippen LogP contribution in [0.2, 0.25) is 0 Å². The number of nitrogens with zero attached hydrogens (tertiary/aromatic N) is 3. The van der Waals surface area contributed by atoms with Crippen molar-refractivity contribution in [3.8, 4) is 0 Å². The van der Waals surface area contributed by atoms with E-state index in [2.05, 4.69) is 15.4 Å². The van der Waals surface area contributed by atoms with Crippen molar-refractivity contribution in [2.45, 2.75) is 45.2 Å². The highest BCUT2D eigenvalue weighted by atomic mass is 19.3. The predicted octanol–water partition coefficient (Wildman–Crippen LogP) is 1.82. The van der Waals surface area contributed by atoms with Crippen molar-refractivity contribution in [2.75, 3.05) is 6.54 Å². The van der Waals surface area contributed by atoms with E-state index >= 15 is 0 Å². The first-order valence-electron chi connectivity index (χ1n) is 6.06. The molecule has 0 bridgehead atoms. The Kier molecular flexibility index (Phi) is 3.71. The molecule has 0 amide bonds. The van der Waals surface area contributed by atoms with Gasteiger partial charge in [0, 0.05) is 19.4 Å². The summed E-state index contributed by atoms with van der Waals surface area (Å²) in [4.78, 5) is 4.13. The fraction of sp³-hybridized carbons (Fsp3) is 0.818. The molecule has 1 aliphatic carbocycles. The lowest BCUT2D eigenvalue weighted by Gasteiger charge is -2.09. The van der Waals surface area contributed by atoms with E-state index in [-0.39, 0.29) is 18.8 Å². The van der Waals surface area contributed by atoms with E-state index in [1.807, 2.05) is 6.92 Å². The van der Waals surface area contributed by atoms with Crippen molar-refractivity contribution in [1.29, 1.82) is 0 Å². The second-order valence-corrected chi connectivity index (χ2v) is 4.63. The van der Waals surface area contributed by atoms with Gasteiger partial charge in [0.25, 0.3) is 0 Å². The largest absolute Gasteiger partial charge is 0.310 e. The number of halogens is 2. The summed E-state index contributed by atoms with van der Waals surface area (Å²) < 4.78 is 27.7. The minimum atomic E-state index is -2.47. The van der Waals surface area contributed by atoms with Gasteiger partial charge in [-0.3, -0.25) is 4.68 Å². The third kappa shape index (κ3) is 3.46. The number of rotatable bonds is 5. The molecule has 0 aliphatic heterocycles. The van der Waals surface area contributed by atoms with Crippen LogP contribution >= 0.6 is 0 Å². The molecule has 1 N–H and O–H groups in total. The summed E-state index contributed by atoms with van der Waals surface area (Å²) in [5.74, 6) is -1.73. The van der Waals surface area contributed by atoms with Crippen molar-refractivity contribution in [1.82, 2.24) is 20.1 Å². The molecule has 1 aliphatic rings.